The van der Waals surface area contributed by atoms with Crippen LogP contribution in [0.4, 0.5) is 0 Å². The zero-order valence-electron chi connectivity index (χ0n) is 8.16. The van der Waals surface area contributed by atoms with Gasteiger partial charge in [0.25, 0.3) is 0 Å². The maximum atomic E-state index is 6.17. The van der Waals surface area contributed by atoms with Crippen LogP contribution in [0.1, 0.15) is 36.4 Å². The van der Waals surface area contributed by atoms with E-state index in [9.17, 15) is 0 Å². The molecule has 0 spiro atoms. The Morgan fingerprint density at radius 2 is 2.15 bits per heavy atom. The first-order valence-corrected chi connectivity index (χ1v) is 5.09. The fraction of sp³-hybridized carbons (Fsp3) is 0.500. The molecule has 0 aromatic heterocycles. The highest BCUT2D eigenvalue weighted by Gasteiger charge is 2.25. The molecule has 1 fully saturated rings. The van der Waals surface area contributed by atoms with E-state index < -0.39 is 0 Å². The Kier molecular flexibility index (Phi) is 2.36. The lowest BCUT2D eigenvalue weighted by atomic mass is 9.77. The highest BCUT2D eigenvalue weighted by Crippen LogP contribution is 2.36. The number of hydrogen-bond acceptors (Lipinski definition) is 1. The van der Waals surface area contributed by atoms with Crippen LogP contribution in [0.25, 0.3) is 0 Å². The van der Waals surface area contributed by atoms with Crippen molar-refractivity contribution in [2.75, 3.05) is 0 Å². The number of benzene rings is 1. The van der Waals surface area contributed by atoms with Gasteiger partial charge in [0.2, 0.25) is 0 Å². The van der Waals surface area contributed by atoms with Crippen molar-refractivity contribution in [1.82, 2.24) is 0 Å². The van der Waals surface area contributed by atoms with E-state index in [1.807, 2.05) is 0 Å². The second-order valence-electron chi connectivity index (χ2n) is 4.13. The molecule has 1 heteroatoms. The van der Waals surface area contributed by atoms with Crippen molar-refractivity contribution < 1.29 is 0 Å². The van der Waals surface area contributed by atoms with Crippen LogP contribution in [0.5, 0.6) is 0 Å². The van der Waals surface area contributed by atoms with Gasteiger partial charge in [-0.1, -0.05) is 36.2 Å². The van der Waals surface area contributed by atoms with Gasteiger partial charge in [0.1, 0.15) is 0 Å². The molecule has 0 heterocycles. The van der Waals surface area contributed by atoms with Gasteiger partial charge in [-0.15, -0.1) is 0 Å². The largest absolute Gasteiger partial charge is 0.324 e. The Hall–Kier alpha value is -0.820. The van der Waals surface area contributed by atoms with Crippen LogP contribution in [0.15, 0.2) is 24.3 Å². The number of hydrogen-bond donors (Lipinski definition) is 1. The van der Waals surface area contributed by atoms with Crippen molar-refractivity contribution in [2.24, 2.45) is 11.7 Å². The van der Waals surface area contributed by atoms with E-state index in [-0.39, 0.29) is 6.04 Å². The van der Waals surface area contributed by atoms with Gasteiger partial charge in [0, 0.05) is 6.04 Å². The molecule has 0 amide bonds. The smallest absolute Gasteiger partial charge is 0.0323 e. The summed E-state index contributed by atoms with van der Waals surface area (Å²) in [6.45, 7) is 2.12. The minimum absolute atomic E-state index is 0.272. The van der Waals surface area contributed by atoms with Gasteiger partial charge < -0.3 is 5.73 Å². The quantitative estimate of drug-likeness (QED) is 0.735. The average molecular weight is 175 g/mol. The van der Waals surface area contributed by atoms with Gasteiger partial charge >= 0.3 is 0 Å². The Bertz CT molecular complexity index is 289. The molecule has 2 N–H and O–H groups in total. The van der Waals surface area contributed by atoms with E-state index in [0.717, 1.165) is 5.92 Å². The van der Waals surface area contributed by atoms with Gasteiger partial charge in [-0.05, 0) is 31.2 Å². The summed E-state index contributed by atoms with van der Waals surface area (Å²) < 4.78 is 0. The molecule has 70 valence electrons. The lowest BCUT2D eigenvalue weighted by molar-refractivity contribution is 0.264. The number of aryl methyl sites for hydroxylation is 1. The lowest BCUT2D eigenvalue weighted by Gasteiger charge is -2.31. The molecule has 0 unspecified atom stereocenters. The maximum absolute atomic E-state index is 6.17. The lowest BCUT2D eigenvalue weighted by Crippen LogP contribution is -2.26. The second-order valence-corrected chi connectivity index (χ2v) is 4.13. The molecule has 0 saturated heterocycles. The monoisotopic (exact) mass is 175 g/mol. The minimum atomic E-state index is 0.272. The van der Waals surface area contributed by atoms with Crippen LogP contribution in [0.2, 0.25) is 0 Å². The topological polar surface area (TPSA) is 26.0 Å². The van der Waals surface area contributed by atoms with Gasteiger partial charge in [0.05, 0.1) is 0 Å². The Balaban J connectivity index is 2.14. The van der Waals surface area contributed by atoms with E-state index in [0.29, 0.717) is 0 Å². The SMILES string of the molecule is Cc1cccc([C@H](N)C2CCC2)c1. The summed E-state index contributed by atoms with van der Waals surface area (Å²) in [7, 11) is 0. The molecule has 1 aliphatic rings. The Labute approximate surface area is 80.0 Å². The summed E-state index contributed by atoms with van der Waals surface area (Å²) in [4.78, 5) is 0. The van der Waals surface area contributed by atoms with Gasteiger partial charge in [0.15, 0.2) is 0 Å². The molecule has 1 nitrogen and oxygen atoms in total. The maximum Gasteiger partial charge on any atom is 0.0323 e. The molecule has 1 atom stereocenters. The minimum Gasteiger partial charge on any atom is -0.324 e. The molecule has 13 heavy (non-hydrogen) atoms. The van der Waals surface area contributed by atoms with Crippen molar-refractivity contribution in [3.05, 3.63) is 35.4 Å². The summed E-state index contributed by atoms with van der Waals surface area (Å²) in [6, 6.07) is 8.85. The van der Waals surface area contributed by atoms with E-state index in [2.05, 4.69) is 31.2 Å². The van der Waals surface area contributed by atoms with E-state index in [1.165, 1.54) is 30.4 Å². The third-order valence-electron chi connectivity index (χ3n) is 3.08. The van der Waals surface area contributed by atoms with Gasteiger partial charge in [-0.3, -0.25) is 0 Å². The Morgan fingerprint density at radius 1 is 1.38 bits per heavy atom. The summed E-state index contributed by atoms with van der Waals surface area (Å²) in [5.41, 5.74) is 8.79. The molecule has 1 saturated carbocycles. The molecule has 0 aliphatic heterocycles. The van der Waals surface area contributed by atoms with Gasteiger partial charge in [-0.2, -0.15) is 0 Å². The predicted molar refractivity (Wildman–Crippen MR) is 55.4 cm³/mol. The zero-order chi connectivity index (χ0) is 9.26. The first-order valence-electron chi connectivity index (χ1n) is 5.09. The highest BCUT2D eigenvalue weighted by atomic mass is 14.7. The molecule has 1 aromatic rings. The second kappa shape index (κ2) is 3.51. The summed E-state index contributed by atoms with van der Waals surface area (Å²) in [5, 5.41) is 0. The predicted octanol–water partition coefficient (Wildman–Crippen LogP) is 2.79. The fourth-order valence-corrected chi connectivity index (χ4v) is 1.95. The molecular formula is C12H17N. The molecule has 0 radical (unpaired) electrons. The van der Waals surface area contributed by atoms with E-state index >= 15 is 0 Å². The Morgan fingerprint density at radius 3 is 2.69 bits per heavy atom. The molecule has 0 bridgehead atoms. The van der Waals surface area contributed by atoms with Crippen LogP contribution >= 0.6 is 0 Å². The summed E-state index contributed by atoms with van der Waals surface area (Å²) >= 11 is 0. The molecular weight excluding hydrogens is 158 g/mol. The molecule has 2 rings (SSSR count). The normalized spacial score (nSPS) is 19.5. The van der Waals surface area contributed by atoms with Gasteiger partial charge in [-0.25, -0.2) is 0 Å². The van der Waals surface area contributed by atoms with Crippen LogP contribution in [-0.2, 0) is 0 Å². The van der Waals surface area contributed by atoms with Crippen molar-refractivity contribution in [3.8, 4) is 0 Å². The number of rotatable bonds is 2. The standard InChI is InChI=1S/C12H17N/c1-9-4-2-7-11(8-9)12(13)10-5-3-6-10/h2,4,7-8,10,12H,3,5-6,13H2,1H3/t12-/m1/s1. The van der Waals surface area contributed by atoms with Crippen molar-refractivity contribution in [2.45, 2.75) is 32.2 Å². The van der Waals surface area contributed by atoms with E-state index in [4.69, 9.17) is 5.73 Å². The third-order valence-corrected chi connectivity index (χ3v) is 3.08. The summed E-state index contributed by atoms with van der Waals surface area (Å²) in [6.07, 6.45) is 3.99. The van der Waals surface area contributed by atoms with Crippen LogP contribution in [0, 0.1) is 12.8 Å². The molecule has 1 aromatic carbocycles. The van der Waals surface area contributed by atoms with Crippen LogP contribution < -0.4 is 5.73 Å². The van der Waals surface area contributed by atoms with Crippen molar-refractivity contribution >= 4 is 0 Å². The highest BCUT2D eigenvalue weighted by molar-refractivity contribution is 5.25. The zero-order valence-corrected chi connectivity index (χ0v) is 8.16. The fourth-order valence-electron chi connectivity index (χ4n) is 1.95. The molecule has 1 aliphatic carbocycles. The number of nitrogens with two attached hydrogens (primary N) is 1. The van der Waals surface area contributed by atoms with E-state index in [1.54, 1.807) is 0 Å². The van der Waals surface area contributed by atoms with Crippen LogP contribution in [-0.4, -0.2) is 0 Å². The van der Waals surface area contributed by atoms with Crippen molar-refractivity contribution in [1.29, 1.82) is 0 Å². The summed E-state index contributed by atoms with van der Waals surface area (Å²) in [5.74, 6) is 0.738. The third kappa shape index (κ3) is 1.75. The average Bonchev–Trinajstić information content (AvgIpc) is 2.01. The van der Waals surface area contributed by atoms with Crippen molar-refractivity contribution in [3.63, 3.8) is 0 Å². The van der Waals surface area contributed by atoms with Crippen LogP contribution in [0.3, 0.4) is 0 Å². The first kappa shape index (κ1) is 8.76. The first-order chi connectivity index (χ1) is 6.27.